The zero-order chi connectivity index (χ0) is 33.6. The van der Waals surface area contributed by atoms with E-state index in [-0.39, 0.29) is 0 Å². The lowest BCUT2D eigenvalue weighted by Gasteiger charge is -2.16. The maximum Gasteiger partial charge on any atom is 0.164 e. The highest BCUT2D eigenvalue weighted by atomic mass is 15.0. The number of nitriles is 1. The molecular formula is C45H32N4. The van der Waals surface area contributed by atoms with Gasteiger partial charge in [0.05, 0.1) is 6.07 Å². The van der Waals surface area contributed by atoms with Crippen LogP contribution >= 0.6 is 0 Å². The van der Waals surface area contributed by atoms with Crippen molar-refractivity contribution in [1.29, 1.82) is 5.26 Å². The first-order valence-electron chi connectivity index (χ1n) is 16.1. The van der Waals surface area contributed by atoms with Gasteiger partial charge in [-0.2, -0.15) is 5.26 Å². The Bertz CT molecular complexity index is 2340. The molecular weight excluding hydrogens is 597 g/mol. The fraction of sp³-hybridized carbons (Fsp3) is 0.0222. The summed E-state index contributed by atoms with van der Waals surface area (Å²) < 4.78 is 0. The molecule has 0 saturated carbocycles. The van der Waals surface area contributed by atoms with Crippen LogP contribution in [0.3, 0.4) is 0 Å². The first-order chi connectivity index (χ1) is 24.1. The number of aromatic nitrogens is 3. The van der Waals surface area contributed by atoms with Crippen LogP contribution in [0.4, 0.5) is 0 Å². The van der Waals surface area contributed by atoms with Gasteiger partial charge >= 0.3 is 0 Å². The van der Waals surface area contributed by atoms with E-state index in [2.05, 4.69) is 91.5 Å². The minimum absolute atomic E-state index is 0.627. The summed E-state index contributed by atoms with van der Waals surface area (Å²) in [5.41, 5.74) is 9.93. The normalized spacial score (nSPS) is 11.7. The van der Waals surface area contributed by atoms with Gasteiger partial charge in [0, 0.05) is 22.3 Å². The van der Waals surface area contributed by atoms with Crippen molar-refractivity contribution in [3.8, 4) is 62.5 Å². The number of fused-ring (bicyclic) bond motifs is 1. The smallest absolute Gasteiger partial charge is 0.164 e. The minimum Gasteiger partial charge on any atom is -0.208 e. The van der Waals surface area contributed by atoms with E-state index < -0.39 is 0 Å². The molecule has 0 aliphatic carbocycles. The van der Waals surface area contributed by atoms with Crippen LogP contribution in [0.15, 0.2) is 176 Å². The molecule has 1 aromatic heterocycles. The molecule has 0 N–H and O–H groups in total. The first kappa shape index (κ1) is 30.9. The van der Waals surface area contributed by atoms with Crippen LogP contribution in [-0.4, -0.2) is 15.0 Å². The molecule has 0 spiro atoms. The lowest BCUT2D eigenvalue weighted by Crippen LogP contribution is -2.00. The third kappa shape index (κ3) is 6.47. The van der Waals surface area contributed by atoms with Crippen molar-refractivity contribution in [3.05, 3.63) is 182 Å². The highest BCUT2D eigenvalue weighted by Crippen LogP contribution is 2.39. The molecule has 0 atom stereocenters. The van der Waals surface area contributed by atoms with Gasteiger partial charge in [-0.3, -0.25) is 0 Å². The molecule has 7 aromatic rings. The SMILES string of the molecule is C=C/C(=C\C=C(/C)C#N)c1ccccc1-c1ccc(-c2ccc(-c3nc(-c4ccccc4)nc(-c4ccccc4)n3)cc2)c2ccccc12. The molecule has 4 heteroatoms. The zero-order valence-electron chi connectivity index (χ0n) is 27.1. The van der Waals surface area contributed by atoms with Crippen LogP contribution in [0.25, 0.3) is 72.8 Å². The van der Waals surface area contributed by atoms with Crippen LogP contribution in [0.2, 0.25) is 0 Å². The van der Waals surface area contributed by atoms with Crippen molar-refractivity contribution in [2.24, 2.45) is 0 Å². The van der Waals surface area contributed by atoms with E-state index in [4.69, 9.17) is 15.0 Å². The zero-order valence-corrected chi connectivity index (χ0v) is 27.1. The van der Waals surface area contributed by atoms with Crippen molar-refractivity contribution in [3.63, 3.8) is 0 Å². The first-order valence-corrected chi connectivity index (χ1v) is 16.1. The van der Waals surface area contributed by atoms with E-state index in [1.165, 1.54) is 0 Å². The van der Waals surface area contributed by atoms with Crippen LogP contribution in [0.1, 0.15) is 12.5 Å². The highest BCUT2D eigenvalue weighted by Gasteiger charge is 2.15. The van der Waals surface area contributed by atoms with Crippen molar-refractivity contribution >= 4 is 16.3 Å². The number of rotatable bonds is 8. The number of benzene rings is 6. The summed E-state index contributed by atoms with van der Waals surface area (Å²) in [4.78, 5) is 14.6. The number of hydrogen-bond donors (Lipinski definition) is 0. The molecule has 1 heterocycles. The monoisotopic (exact) mass is 628 g/mol. The third-order valence-corrected chi connectivity index (χ3v) is 8.51. The Morgan fingerprint density at radius 3 is 1.55 bits per heavy atom. The van der Waals surface area contributed by atoms with Gasteiger partial charge in [0.25, 0.3) is 0 Å². The number of allylic oxidation sites excluding steroid dienone is 5. The van der Waals surface area contributed by atoms with Gasteiger partial charge in [0.1, 0.15) is 0 Å². The lowest BCUT2D eigenvalue weighted by atomic mass is 9.88. The molecule has 0 saturated heterocycles. The Labute approximate surface area is 286 Å². The summed E-state index contributed by atoms with van der Waals surface area (Å²) in [5, 5.41) is 11.6. The second-order valence-electron chi connectivity index (χ2n) is 11.7. The minimum atomic E-state index is 0.627. The molecule has 0 bridgehead atoms. The highest BCUT2D eigenvalue weighted by molar-refractivity contribution is 6.06. The lowest BCUT2D eigenvalue weighted by molar-refractivity contribution is 1.07. The molecule has 0 amide bonds. The average Bonchev–Trinajstić information content (AvgIpc) is 3.18. The molecule has 0 unspecified atom stereocenters. The molecule has 49 heavy (non-hydrogen) atoms. The van der Waals surface area contributed by atoms with Crippen LogP contribution in [-0.2, 0) is 0 Å². The number of nitrogens with zero attached hydrogens (tertiary/aromatic N) is 4. The Kier molecular flexibility index (Phi) is 8.82. The summed E-state index contributed by atoms with van der Waals surface area (Å²) in [7, 11) is 0. The van der Waals surface area contributed by atoms with Crippen molar-refractivity contribution in [2.45, 2.75) is 6.92 Å². The van der Waals surface area contributed by atoms with Crippen molar-refractivity contribution < 1.29 is 0 Å². The maximum absolute atomic E-state index is 9.26. The number of hydrogen-bond acceptors (Lipinski definition) is 4. The largest absolute Gasteiger partial charge is 0.208 e. The fourth-order valence-electron chi connectivity index (χ4n) is 6.01. The molecule has 0 aliphatic rings. The quantitative estimate of drug-likeness (QED) is 0.124. The molecule has 0 radical (unpaired) electrons. The average molecular weight is 629 g/mol. The van der Waals surface area contributed by atoms with Gasteiger partial charge < -0.3 is 0 Å². The summed E-state index contributed by atoms with van der Waals surface area (Å²) >= 11 is 0. The van der Waals surface area contributed by atoms with Gasteiger partial charge in [0.15, 0.2) is 17.5 Å². The standard InChI is InChI=1S/C45H32N4/c1-3-32(23-22-31(2)30-46)37-18-10-11-19-39(37)42-29-28-38(40-20-12-13-21-41(40)42)33-24-26-36(27-25-33)45-48-43(34-14-6-4-7-15-34)47-44(49-45)35-16-8-5-9-17-35/h3-29H,1H2,2H3/b31-22+,32-23+. The topological polar surface area (TPSA) is 62.5 Å². The van der Waals surface area contributed by atoms with E-state index in [0.29, 0.717) is 23.0 Å². The summed E-state index contributed by atoms with van der Waals surface area (Å²) in [6.45, 7) is 5.87. The van der Waals surface area contributed by atoms with Crippen molar-refractivity contribution in [2.75, 3.05) is 0 Å². The van der Waals surface area contributed by atoms with Gasteiger partial charge in [-0.25, -0.2) is 15.0 Å². The molecule has 0 fully saturated rings. The van der Waals surface area contributed by atoms with E-state index >= 15 is 0 Å². The van der Waals surface area contributed by atoms with Crippen LogP contribution in [0, 0.1) is 11.3 Å². The van der Waals surface area contributed by atoms with E-state index in [9.17, 15) is 5.26 Å². The predicted octanol–water partition coefficient (Wildman–Crippen LogP) is 11.4. The van der Waals surface area contributed by atoms with Gasteiger partial charge in [-0.15, -0.1) is 0 Å². The van der Waals surface area contributed by atoms with Gasteiger partial charge in [-0.05, 0) is 57.2 Å². The molecule has 0 aliphatic heterocycles. The Balaban J connectivity index is 1.30. The fourth-order valence-corrected chi connectivity index (χ4v) is 6.01. The van der Waals surface area contributed by atoms with Crippen LogP contribution in [0.5, 0.6) is 0 Å². The molecule has 232 valence electrons. The molecule has 6 aromatic carbocycles. The predicted molar refractivity (Wildman–Crippen MR) is 202 cm³/mol. The van der Waals surface area contributed by atoms with Gasteiger partial charge in [0.2, 0.25) is 0 Å². The van der Waals surface area contributed by atoms with E-state index in [0.717, 1.165) is 60.9 Å². The van der Waals surface area contributed by atoms with E-state index in [1.807, 2.05) is 85.0 Å². The maximum atomic E-state index is 9.26. The molecule has 4 nitrogen and oxygen atoms in total. The van der Waals surface area contributed by atoms with Crippen molar-refractivity contribution in [1.82, 2.24) is 15.0 Å². The Morgan fingerprint density at radius 2 is 0.980 bits per heavy atom. The second kappa shape index (κ2) is 14.0. The second-order valence-corrected chi connectivity index (χ2v) is 11.7. The van der Waals surface area contributed by atoms with Gasteiger partial charge in [-0.1, -0.05) is 164 Å². The summed E-state index contributed by atoms with van der Waals surface area (Å²) in [6, 6.07) is 52.0. The Morgan fingerprint density at radius 1 is 0.510 bits per heavy atom. The summed E-state index contributed by atoms with van der Waals surface area (Å²) in [6.07, 6.45) is 5.64. The Hall–Kier alpha value is -6.70. The van der Waals surface area contributed by atoms with Crippen LogP contribution < -0.4 is 0 Å². The third-order valence-electron chi connectivity index (χ3n) is 8.51. The summed E-state index contributed by atoms with van der Waals surface area (Å²) in [5.74, 6) is 1.91. The van der Waals surface area contributed by atoms with E-state index in [1.54, 1.807) is 6.92 Å². The molecule has 7 rings (SSSR count).